The molecule has 0 saturated carbocycles. The lowest BCUT2D eigenvalue weighted by molar-refractivity contribution is 0.838. The van der Waals surface area contributed by atoms with Crippen LogP contribution in [0.3, 0.4) is 0 Å². The van der Waals surface area contributed by atoms with E-state index >= 15 is 0 Å². The van der Waals surface area contributed by atoms with Crippen LogP contribution in [-0.4, -0.2) is 14.8 Å². The molecule has 1 aromatic carbocycles. The number of fused-ring (bicyclic) bond motifs is 1. The fourth-order valence-corrected chi connectivity index (χ4v) is 2.15. The summed E-state index contributed by atoms with van der Waals surface area (Å²) >= 11 is 0. The third-order valence-corrected chi connectivity index (χ3v) is 3.20. The normalized spacial score (nSPS) is 11.0. The molecule has 0 aliphatic rings. The molecule has 0 radical (unpaired) electrons. The predicted octanol–water partition coefficient (Wildman–Crippen LogP) is 2.62. The minimum atomic E-state index is 0.746. The predicted molar refractivity (Wildman–Crippen MR) is 72.8 cm³/mol. The Hall–Kier alpha value is -2.36. The molecule has 0 atom stereocenters. The first-order valence-corrected chi connectivity index (χ1v) is 5.84. The summed E-state index contributed by atoms with van der Waals surface area (Å²) in [6, 6.07) is 9.98. The number of aryl methyl sites for hydroxylation is 1. The van der Waals surface area contributed by atoms with E-state index in [1.807, 2.05) is 48.9 Å². The van der Waals surface area contributed by atoms with E-state index in [1.54, 1.807) is 6.20 Å². The summed E-state index contributed by atoms with van der Waals surface area (Å²) in [5.41, 5.74) is 10.5. The van der Waals surface area contributed by atoms with Crippen LogP contribution in [-0.2, 0) is 0 Å². The maximum Gasteiger partial charge on any atom is 0.0830 e. The van der Waals surface area contributed by atoms with Crippen molar-refractivity contribution in [3.63, 3.8) is 0 Å². The molecular formula is C14H14N4. The maximum absolute atomic E-state index is 5.99. The molecule has 0 aliphatic carbocycles. The van der Waals surface area contributed by atoms with Crippen molar-refractivity contribution in [2.24, 2.45) is 0 Å². The van der Waals surface area contributed by atoms with Gasteiger partial charge in [-0.1, -0.05) is 18.2 Å². The molecule has 0 aliphatic heterocycles. The molecule has 3 aromatic rings. The summed E-state index contributed by atoms with van der Waals surface area (Å²) < 4.78 is 1.88. The number of anilines is 1. The van der Waals surface area contributed by atoms with E-state index in [1.165, 1.54) is 0 Å². The van der Waals surface area contributed by atoms with Gasteiger partial charge >= 0.3 is 0 Å². The third-order valence-electron chi connectivity index (χ3n) is 3.20. The second-order valence-electron chi connectivity index (χ2n) is 4.34. The molecule has 18 heavy (non-hydrogen) atoms. The number of nitrogen functional groups attached to an aromatic ring is 1. The molecule has 3 rings (SSSR count). The van der Waals surface area contributed by atoms with Gasteiger partial charge in [0.2, 0.25) is 0 Å². The van der Waals surface area contributed by atoms with Crippen LogP contribution >= 0.6 is 0 Å². The van der Waals surface area contributed by atoms with Gasteiger partial charge in [0.1, 0.15) is 0 Å². The molecule has 90 valence electrons. The molecule has 0 amide bonds. The smallest absolute Gasteiger partial charge is 0.0830 e. The lowest BCUT2D eigenvalue weighted by Crippen LogP contribution is -2.01. The monoisotopic (exact) mass is 238 g/mol. The van der Waals surface area contributed by atoms with Gasteiger partial charge < -0.3 is 5.73 Å². The van der Waals surface area contributed by atoms with Crippen molar-refractivity contribution < 1.29 is 0 Å². The maximum atomic E-state index is 5.99. The molecule has 0 unspecified atom stereocenters. The van der Waals surface area contributed by atoms with Gasteiger partial charge in [-0.2, -0.15) is 5.10 Å². The number of hydrogen-bond acceptors (Lipinski definition) is 3. The van der Waals surface area contributed by atoms with Crippen LogP contribution in [0.15, 0.2) is 36.5 Å². The molecule has 0 bridgehead atoms. The highest BCUT2D eigenvalue weighted by Crippen LogP contribution is 2.24. The van der Waals surface area contributed by atoms with E-state index < -0.39 is 0 Å². The summed E-state index contributed by atoms with van der Waals surface area (Å²) in [4.78, 5) is 4.35. The first-order chi connectivity index (χ1) is 8.68. The van der Waals surface area contributed by atoms with Crippen LogP contribution in [0.1, 0.15) is 11.4 Å². The van der Waals surface area contributed by atoms with Crippen LogP contribution in [0.25, 0.3) is 16.6 Å². The zero-order valence-corrected chi connectivity index (χ0v) is 10.4. The average Bonchev–Trinajstić information content (AvgIpc) is 2.66. The van der Waals surface area contributed by atoms with Crippen LogP contribution in [0.5, 0.6) is 0 Å². The second kappa shape index (κ2) is 3.84. The molecule has 2 heterocycles. The molecule has 2 N–H and O–H groups in total. The van der Waals surface area contributed by atoms with Crippen LogP contribution in [0.2, 0.25) is 0 Å². The van der Waals surface area contributed by atoms with Crippen molar-refractivity contribution in [1.29, 1.82) is 0 Å². The summed E-state index contributed by atoms with van der Waals surface area (Å²) in [7, 11) is 0. The molecule has 0 saturated heterocycles. The molecule has 4 nitrogen and oxygen atoms in total. The molecule has 0 fully saturated rings. The minimum absolute atomic E-state index is 0.746. The molecule has 4 heteroatoms. The quantitative estimate of drug-likeness (QED) is 0.709. The second-order valence-corrected chi connectivity index (χ2v) is 4.34. The van der Waals surface area contributed by atoms with Gasteiger partial charge in [-0.15, -0.1) is 0 Å². The number of rotatable bonds is 1. The Morgan fingerprint density at radius 3 is 2.61 bits per heavy atom. The zero-order valence-electron chi connectivity index (χ0n) is 10.4. The van der Waals surface area contributed by atoms with Gasteiger partial charge in [0.05, 0.1) is 28.3 Å². The van der Waals surface area contributed by atoms with E-state index in [2.05, 4.69) is 10.1 Å². The van der Waals surface area contributed by atoms with Crippen molar-refractivity contribution in [1.82, 2.24) is 14.8 Å². The Balaban J connectivity index is 2.35. The van der Waals surface area contributed by atoms with Gasteiger partial charge in [-0.05, 0) is 26.0 Å². The highest BCUT2D eigenvalue weighted by Gasteiger charge is 2.11. The Labute approximate surface area is 105 Å². The summed E-state index contributed by atoms with van der Waals surface area (Å²) in [6.45, 7) is 3.90. The van der Waals surface area contributed by atoms with Gasteiger partial charge in [0.25, 0.3) is 0 Å². The number of benzene rings is 1. The van der Waals surface area contributed by atoms with Crippen molar-refractivity contribution in [3.05, 3.63) is 47.9 Å². The van der Waals surface area contributed by atoms with Gasteiger partial charge in [-0.3, -0.25) is 4.98 Å². The number of aromatic nitrogens is 3. The fraction of sp³-hybridized carbons (Fsp3) is 0.143. The van der Waals surface area contributed by atoms with Gasteiger partial charge in [0, 0.05) is 11.6 Å². The first kappa shape index (κ1) is 10.8. The number of nitrogens with zero attached hydrogens (tertiary/aromatic N) is 3. The van der Waals surface area contributed by atoms with E-state index in [9.17, 15) is 0 Å². The lowest BCUT2D eigenvalue weighted by Gasteiger charge is -2.07. The van der Waals surface area contributed by atoms with E-state index in [0.29, 0.717) is 0 Å². The van der Waals surface area contributed by atoms with Gasteiger partial charge in [0.15, 0.2) is 0 Å². The summed E-state index contributed by atoms with van der Waals surface area (Å²) in [6.07, 6.45) is 1.80. The first-order valence-electron chi connectivity index (χ1n) is 5.84. The third kappa shape index (κ3) is 1.46. The Morgan fingerprint density at radius 2 is 1.89 bits per heavy atom. The van der Waals surface area contributed by atoms with Crippen LogP contribution in [0.4, 0.5) is 5.69 Å². The largest absolute Gasteiger partial charge is 0.396 e. The highest BCUT2D eigenvalue weighted by atomic mass is 15.3. The fourth-order valence-electron chi connectivity index (χ4n) is 2.15. The number of hydrogen-bond donors (Lipinski definition) is 1. The zero-order chi connectivity index (χ0) is 12.7. The average molecular weight is 238 g/mol. The minimum Gasteiger partial charge on any atom is -0.396 e. The summed E-state index contributed by atoms with van der Waals surface area (Å²) in [5.74, 6) is 0. The van der Waals surface area contributed by atoms with E-state index in [0.717, 1.165) is 33.7 Å². The summed E-state index contributed by atoms with van der Waals surface area (Å²) in [5, 5.41) is 5.57. The van der Waals surface area contributed by atoms with E-state index in [4.69, 9.17) is 5.73 Å². The van der Waals surface area contributed by atoms with Crippen molar-refractivity contribution in [2.75, 3.05) is 5.73 Å². The van der Waals surface area contributed by atoms with Gasteiger partial charge in [-0.25, -0.2) is 4.68 Å². The van der Waals surface area contributed by atoms with Crippen molar-refractivity contribution >= 4 is 16.6 Å². The Bertz CT molecular complexity index is 722. The Kier molecular flexibility index (Phi) is 2.30. The van der Waals surface area contributed by atoms with Crippen LogP contribution in [0, 0.1) is 13.8 Å². The number of nitrogens with two attached hydrogens (primary N) is 1. The molecule has 2 aromatic heterocycles. The number of pyridine rings is 1. The van der Waals surface area contributed by atoms with Crippen molar-refractivity contribution in [3.8, 4) is 5.69 Å². The Morgan fingerprint density at radius 1 is 1.11 bits per heavy atom. The molecular weight excluding hydrogens is 224 g/mol. The van der Waals surface area contributed by atoms with Crippen molar-refractivity contribution in [2.45, 2.75) is 13.8 Å². The lowest BCUT2D eigenvalue weighted by atomic mass is 10.2. The highest BCUT2D eigenvalue weighted by molar-refractivity contribution is 5.87. The topological polar surface area (TPSA) is 56.7 Å². The molecule has 0 spiro atoms. The van der Waals surface area contributed by atoms with E-state index in [-0.39, 0.29) is 0 Å². The standard InChI is InChI=1S/C14H14N4/c1-9-14(15)10(2)18(17-9)13-7-8-16-12-6-4-3-5-11(12)13/h3-8H,15H2,1-2H3. The number of para-hydroxylation sites is 1. The SMILES string of the molecule is Cc1nn(-c2ccnc3ccccc23)c(C)c1N. The van der Waals surface area contributed by atoms with Crippen LogP contribution < -0.4 is 5.73 Å².